The van der Waals surface area contributed by atoms with Crippen molar-refractivity contribution in [3.8, 4) is 0 Å². The molecule has 134 valence electrons. The van der Waals surface area contributed by atoms with Crippen LogP contribution in [0.3, 0.4) is 0 Å². The lowest BCUT2D eigenvalue weighted by Crippen LogP contribution is -2.48. The smallest absolute Gasteiger partial charge is 0.232 e. The third-order valence-electron chi connectivity index (χ3n) is 4.74. The standard InChI is InChI=1S/C18H22N2O4S/c1-2-25(22,23)20-15-8-6-14(7-9-15)18(10-4-11-18)17(21)19-13-16-5-3-12-24-16/h3,5-9,12,20H,2,4,10-11,13H2,1H3,(H,19,21). The minimum atomic E-state index is -3.30. The predicted octanol–water partition coefficient (Wildman–Crippen LogP) is 2.78. The van der Waals surface area contributed by atoms with E-state index in [2.05, 4.69) is 10.0 Å². The van der Waals surface area contributed by atoms with Gasteiger partial charge in [0.1, 0.15) is 5.76 Å². The normalized spacial score (nSPS) is 16.0. The molecule has 7 heteroatoms. The maximum atomic E-state index is 12.7. The highest BCUT2D eigenvalue weighted by Gasteiger charge is 2.45. The molecular weight excluding hydrogens is 340 g/mol. The van der Waals surface area contributed by atoms with E-state index in [1.54, 1.807) is 31.4 Å². The van der Waals surface area contributed by atoms with E-state index in [9.17, 15) is 13.2 Å². The summed E-state index contributed by atoms with van der Waals surface area (Å²) >= 11 is 0. The highest BCUT2D eigenvalue weighted by atomic mass is 32.2. The zero-order chi connectivity index (χ0) is 17.9. The first-order valence-electron chi connectivity index (χ1n) is 8.37. The van der Waals surface area contributed by atoms with Crippen LogP contribution < -0.4 is 10.0 Å². The summed E-state index contributed by atoms with van der Waals surface area (Å²) in [6, 6.07) is 10.7. The minimum Gasteiger partial charge on any atom is -0.467 e. The highest BCUT2D eigenvalue weighted by molar-refractivity contribution is 7.92. The van der Waals surface area contributed by atoms with Crippen LogP contribution in [0.2, 0.25) is 0 Å². The Morgan fingerprint density at radius 2 is 1.92 bits per heavy atom. The quantitative estimate of drug-likeness (QED) is 0.793. The number of carbonyl (C=O) groups excluding carboxylic acids is 1. The number of amides is 1. The van der Waals surface area contributed by atoms with Crippen LogP contribution in [-0.4, -0.2) is 20.1 Å². The van der Waals surface area contributed by atoms with Gasteiger partial charge in [-0.05, 0) is 49.6 Å². The molecule has 0 unspecified atom stereocenters. The molecule has 1 fully saturated rings. The van der Waals surface area contributed by atoms with Gasteiger partial charge in [0, 0.05) is 5.69 Å². The molecule has 25 heavy (non-hydrogen) atoms. The van der Waals surface area contributed by atoms with E-state index >= 15 is 0 Å². The van der Waals surface area contributed by atoms with Crippen molar-refractivity contribution in [1.29, 1.82) is 0 Å². The maximum absolute atomic E-state index is 12.7. The second-order valence-corrected chi connectivity index (χ2v) is 8.29. The highest BCUT2D eigenvalue weighted by Crippen LogP contribution is 2.44. The molecule has 0 saturated heterocycles. The Hall–Kier alpha value is -2.28. The number of anilines is 1. The summed E-state index contributed by atoms with van der Waals surface area (Å²) in [6.45, 7) is 1.95. The van der Waals surface area contributed by atoms with Crippen LogP contribution in [-0.2, 0) is 26.8 Å². The Morgan fingerprint density at radius 3 is 2.44 bits per heavy atom. The van der Waals surface area contributed by atoms with Gasteiger partial charge in [0.25, 0.3) is 0 Å². The van der Waals surface area contributed by atoms with Gasteiger partial charge in [-0.2, -0.15) is 0 Å². The van der Waals surface area contributed by atoms with Gasteiger partial charge in [-0.3, -0.25) is 9.52 Å². The lowest BCUT2D eigenvalue weighted by molar-refractivity contribution is -0.130. The molecule has 0 bridgehead atoms. The van der Waals surface area contributed by atoms with Gasteiger partial charge >= 0.3 is 0 Å². The Labute approximate surface area is 147 Å². The molecule has 0 spiro atoms. The molecule has 1 aromatic heterocycles. The van der Waals surface area contributed by atoms with Crippen LogP contribution in [0.4, 0.5) is 5.69 Å². The van der Waals surface area contributed by atoms with Gasteiger partial charge in [-0.25, -0.2) is 8.42 Å². The van der Waals surface area contributed by atoms with Crippen LogP contribution in [0.25, 0.3) is 0 Å². The first-order valence-corrected chi connectivity index (χ1v) is 10.0. The van der Waals surface area contributed by atoms with Gasteiger partial charge in [-0.15, -0.1) is 0 Å². The molecule has 1 aliphatic rings. The maximum Gasteiger partial charge on any atom is 0.232 e. The van der Waals surface area contributed by atoms with E-state index < -0.39 is 15.4 Å². The Balaban J connectivity index is 1.72. The molecule has 0 radical (unpaired) electrons. The summed E-state index contributed by atoms with van der Waals surface area (Å²) < 4.78 is 31.0. The number of rotatable bonds is 7. The first kappa shape index (κ1) is 17.5. The molecular formula is C18H22N2O4S. The SMILES string of the molecule is CCS(=O)(=O)Nc1ccc(C2(C(=O)NCc3ccco3)CCC2)cc1. The van der Waals surface area contributed by atoms with Crippen molar-refractivity contribution in [2.24, 2.45) is 0 Å². The summed E-state index contributed by atoms with van der Waals surface area (Å²) in [5, 5.41) is 2.94. The lowest BCUT2D eigenvalue weighted by Gasteiger charge is -2.40. The fourth-order valence-corrected chi connectivity index (χ4v) is 3.68. The summed E-state index contributed by atoms with van der Waals surface area (Å²) in [5.41, 5.74) is 0.889. The van der Waals surface area contributed by atoms with Crippen molar-refractivity contribution in [2.75, 3.05) is 10.5 Å². The molecule has 1 saturated carbocycles. The van der Waals surface area contributed by atoms with E-state index in [1.807, 2.05) is 18.2 Å². The Bertz CT molecular complexity index is 822. The third kappa shape index (κ3) is 3.71. The average molecular weight is 362 g/mol. The van der Waals surface area contributed by atoms with E-state index in [1.165, 1.54) is 0 Å². The molecule has 2 N–H and O–H groups in total. The largest absolute Gasteiger partial charge is 0.467 e. The van der Waals surface area contributed by atoms with E-state index in [0.29, 0.717) is 18.0 Å². The zero-order valence-corrected chi connectivity index (χ0v) is 14.9. The van der Waals surface area contributed by atoms with Crippen LogP contribution in [0, 0.1) is 0 Å². The van der Waals surface area contributed by atoms with Gasteiger partial charge < -0.3 is 9.73 Å². The van der Waals surface area contributed by atoms with Crippen LogP contribution in [0.15, 0.2) is 47.1 Å². The Morgan fingerprint density at radius 1 is 1.20 bits per heavy atom. The third-order valence-corrected chi connectivity index (χ3v) is 6.04. The molecule has 1 aliphatic carbocycles. The average Bonchev–Trinajstić information content (AvgIpc) is 3.07. The van der Waals surface area contributed by atoms with Crippen LogP contribution >= 0.6 is 0 Å². The van der Waals surface area contributed by atoms with Gasteiger partial charge in [0.05, 0.1) is 24.0 Å². The van der Waals surface area contributed by atoms with Crippen molar-refractivity contribution in [2.45, 2.75) is 38.1 Å². The number of nitrogens with one attached hydrogen (secondary N) is 2. The van der Waals surface area contributed by atoms with E-state index in [0.717, 1.165) is 24.8 Å². The monoisotopic (exact) mass is 362 g/mol. The summed E-state index contributed by atoms with van der Waals surface area (Å²) in [7, 11) is -3.30. The van der Waals surface area contributed by atoms with Crippen molar-refractivity contribution in [3.63, 3.8) is 0 Å². The Kier molecular flexibility index (Phi) is 4.85. The summed E-state index contributed by atoms with van der Waals surface area (Å²) in [5.74, 6) is 0.720. The second-order valence-electron chi connectivity index (χ2n) is 6.28. The van der Waals surface area contributed by atoms with Gasteiger partial charge in [0.15, 0.2) is 0 Å². The molecule has 2 aromatic rings. The molecule has 0 aliphatic heterocycles. The second kappa shape index (κ2) is 6.92. The summed E-state index contributed by atoms with van der Waals surface area (Å²) in [4.78, 5) is 12.7. The molecule has 1 aromatic carbocycles. The number of carbonyl (C=O) groups is 1. The first-order chi connectivity index (χ1) is 12.0. The molecule has 3 rings (SSSR count). The topological polar surface area (TPSA) is 88.4 Å². The molecule has 1 heterocycles. The zero-order valence-electron chi connectivity index (χ0n) is 14.1. The minimum absolute atomic E-state index is 0.0166. The van der Waals surface area contributed by atoms with Gasteiger partial charge in [-0.1, -0.05) is 18.6 Å². The van der Waals surface area contributed by atoms with Gasteiger partial charge in [0.2, 0.25) is 15.9 Å². The van der Waals surface area contributed by atoms with Crippen molar-refractivity contribution in [1.82, 2.24) is 5.32 Å². The van der Waals surface area contributed by atoms with Crippen molar-refractivity contribution < 1.29 is 17.6 Å². The summed E-state index contributed by atoms with van der Waals surface area (Å²) in [6.07, 6.45) is 4.16. The molecule has 1 amide bonds. The number of hydrogen-bond acceptors (Lipinski definition) is 4. The fourth-order valence-electron chi connectivity index (χ4n) is 3.04. The van der Waals surface area contributed by atoms with E-state index in [-0.39, 0.29) is 11.7 Å². The van der Waals surface area contributed by atoms with Crippen molar-refractivity contribution in [3.05, 3.63) is 54.0 Å². The van der Waals surface area contributed by atoms with E-state index in [4.69, 9.17) is 4.42 Å². The fraction of sp³-hybridized carbons (Fsp3) is 0.389. The molecule has 6 nitrogen and oxygen atoms in total. The lowest BCUT2D eigenvalue weighted by atomic mass is 9.64. The number of benzene rings is 1. The number of furan rings is 1. The molecule has 0 atom stereocenters. The predicted molar refractivity (Wildman–Crippen MR) is 95.6 cm³/mol. The van der Waals surface area contributed by atoms with Crippen LogP contribution in [0.5, 0.6) is 0 Å². The number of sulfonamides is 1. The number of hydrogen-bond donors (Lipinski definition) is 2. The van der Waals surface area contributed by atoms with Crippen molar-refractivity contribution >= 4 is 21.6 Å². The van der Waals surface area contributed by atoms with Crippen LogP contribution in [0.1, 0.15) is 37.5 Å².